The highest BCUT2D eigenvalue weighted by molar-refractivity contribution is 5.82. The van der Waals surface area contributed by atoms with E-state index in [1.54, 1.807) is 29.8 Å². The lowest BCUT2D eigenvalue weighted by atomic mass is 9.97. The molecule has 0 aliphatic rings. The van der Waals surface area contributed by atoms with Gasteiger partial charge in [0.2, 0.25) is 0 Å². The molecule has 2 aromatic heterocycles. The molecule has 5 nitrogen and oxygen atoms in total. The standard InChI is InChI=1S/C23H18N4O/c1-26-16-22(20-13-25-27(15-20)14-18-5-3-2-4-6-18)21(11-23(26)28)19-9-7-17(12-24)8-10-19/h2-11,13,15-16H,14H2,1H3. The summed E-state index contributed by atoms with van der Waals surface area (Å²) in [6, 6.07) is 21.1. The first-order valence-electron chi connectivity index (χ1n) is 8.92. The van der Waals surface area contributed by atoms with Crippen LogP contribution < -0.4 is 5.56 Å². The Morgan fingerprint density at radius 3 is 2.43 bits per heavy atom. The van der Waals surface area contributed by atoms with Crippen LogP contribution in [0.3, 0.4) is 0 Å². The van der Waals surface area contributed by atoms with Crippen molar-refractivity contribution in [2.24, 2.45) is 7.05 Å². The molecule has 0 atom stereocenters. The summed E-state index contributed by atoms with van der Waals surface area (Å²) in [5, 5.41) is 13.5. The topological polar surface area (TPSA) is 63.6 Å². The van der Waals surface area contributed by atoms with Crippen molar-refractivity contribution in [3.63, 3.8) is 0 Å². The van der Waals surface area contributed by atoms with Crippen LogP contribution in [0.1, 0.15) is 11.1 Å². The number of benzene rings is 2. The second kappa shape index (κ2) is 7.37. The molecule has 0 radical (unpaired) electrons. The number of pyridine rings is 1. The quantitative estimate of drug-likeness (QED) is 0.551. The second-order valence-corrected chi connectivity index (χ2v) is 6.65. The Morgan fingerprint density at radius 1 is 0.964 bits per heavy atom. The Morgan fingerprint density at radius 2 is 1.71 bits per heavy atom. The molecule has 2 aromatic carbocycles. The lowest BCUT2D eigenvalue weighted by Gasteiger charge is -2.10. The number of aryl methyl sites for hydroxylation is 1. The molecule has 5 heteroatoms. The van der Waals surface area contributed by atoms with Gasteiger partial charge in [-0.05, 0) is 28.8 Å². The molecule has 0 spiro atoms. The minimum absolute atomic E-state index is 0.0835. The summed E-state index contributed by atoms with van der Waals surface area (Å²) < 4.78 is 3.45. The predicted octanol–water partition coefficient (Wildman–Crippen LogP) is 3.84. The van der Waals surface area contributed by atoms with Crippen molar-refractivity contribution in [2.45, 2.75) is 6.54 Å². The Kier molecular flexibility index (Phi) is 4.61. The van der Waals surface area contributed by atoms with E-state index in [-0.39, 0.29) is 5.56 Å². The van der Waals surface area contributed by atoms with Gasteiger partial charge >= 0.3 is 0 Å². The van der Waals surface area contributed by atoms with Crippen molar-refractivity contribution in [3.05, 3.63) is 101 Å². The highest BCUT2D eigenvalue weighted by Crippen LogP contribution is 2.30. The molecule has 4 rings (SSSR count). The van der Waals surface area contributed by atoms with Crippen LogP contribution in [0.5, 0.6) is 0 Å². The minimum atomic E-state index is -0.0835. The fraction of sp³-hybridized carbons (Fsp3) is 0.0870. The van der Waals surface area contributed by atoms with E-state index in [1.165, 1.54) is 5.56 Å². The van der Waals surface area contributed by atoms with Crippen LogP contribution in [0.4, 0.5) is 0 Å². The molecule has 0 fully saturated rings. The molecular formula is C23H18N4O. The molecule has 0 saturated carbocycles. The minimum Gasteiger partial charge on any atom is -0.318 e. The van der Waals surface area contributed by atoms with Crippen molar-refractivity contribution in [1.29, 1.82) is 5.26 Å². The molecule has 0 N–H and O–H groups in total. The Hall–Kier alpha value is -3.91. The first kappa shape index (κ1) is 17.5. The molecule has 0 unspecified atom stereocenters. The molecular weight excluding hydrogens is 348 g/mol. The van der Waals surface area contributed by atoms with Crippen LogP contribution in [-0.2, 0) is 13.6 Å². The van der Waals surface area contributed by atoms with Gasteiger partial charge in [-0.25, -0.2) is 0 Å². The molecule has 0 saturated heterocycles. The number of nitrogens with zero attached hydrogens (tertiary/aromatic N) is 4. The monoisotopic (exact) mass is 366 g/mol. The van der Waals surface area contributed by atoms with E-state index >= 15 is 0 Å². The van der Waals surface area contributed by atoms with E-state index < -0.39 is 0 Å². The third-order valence-electron chi connectivity index (χ3n) is 4.69. The van der Waals surface area contributed by atoms with Gasteiger partial charge in [-0.3, -0.25) is 9.48 Å². The lowest BCUT2D eigenvalue weighted by Crippen LogP contribution is -2.15. The number of hydrogen-bond acceptors (Lipinski definition) is 3. The summed E-state index contributed by atoms with van der Waals surface area (Å²) in [5.41, 5.74) is 5.25. The van der Waals surface area contributed by atoms with Gasteiger partial charge in [0.25, 0.3) is 5.56 Å². The third-order valence-corrected chi connectivity index (χ3v) is 4.69. The van der Waals surface area contributed by atoms with E-state index in [0.717, 1.165) is 22.3 Å². The summed E-state index contributed by atoms with van der Waals surface area (Å²) in [4.78, 5) is 12.3. The van der Waals surface area contributed by atoms with Crippen LogP contribution in [0.15, 0.2) is 84.0 Å². The van der Waals surface area contributed by atoms with E-state index in [9.17, 15) is 4.79 Å². The van der Waals surface area contributed by atoms with Crippen LogP contribution in [0.25, 0.3) is 22.3 Å². The zero-order valence-corrected chi connectivity index (χ0v) is 15.4. The van der Waals surface area contributed by atoms with E-state index in [1.807, 2.05) is 53.6 Å². The van der Waals surface area contributed by atoms with Gasteiger partial charge in [0.1, 0.15) is 0 Å². The number of hydrogen-bond donors (Lipinski definition) is 0. The first-order valence-corrected chi connectivity index (χ1v) is 8.92. The fourth-order valence-electron chi connectivity index (χ4n) is 3.18. The highest BCUT2D eigenvalue weighted by Gasteiger charge is 2.12. The van der Waals surface area contributed by atoms with Gasteiger partial charge < -0.3 is 4.57 Å². The molecule has 136 valence electrons. The molecule has 0 aliphatic carbocycles. The van der Waals surface area contributed by atoms with E-state index in [2.05, 4.69) is 23.3 Å². The summed E-state index contributed by atoms with van der Waals surface area (Å²) in [6.07, 6.45) is 5.63. The Balaban J connectivity index is 1.76. The zero-order valence-electron chi connectivity index (χ0n) is 15.4. The molecule has 4 aromatic rings. The largest absolute Gasteiger partial charge is 0.318 e. The summed E-state index contributed by atoms with van der Waals surface area (Å²) >= 11 is 0. The van der Waals surface area contributed by atoms with E-state index in [0.29, 0.717) is 12.1 Å². The number of aromatic nitrogens is 3. The van der Waals surface area contributed by atoms with E-state index in [4.69, 9.17) is 5.26 Å². The molecule has 2 heterocycles. The molecule has 0 aliphatic heterocycles. The van der Waals surface area contributed by atoms with Crippen LogP contribution in [0.2, 0.25) is 0 Å². The maximum Gasteiger partial charge on any atom is 0.250 e. The predicted molar refractivity (Wildman–Crippen MR) is 109 cm³/mol. The number of rotatable bonds is 4. The second-order valence-electron chi connectivity index (χ2n) is 6.65. The molecule has 0 bridgehead atoms. The maximum absolute atomic E-state index is 12.3. The van der Waals surface area contributed by atoms with Gasteiger partial charge in [0, 0.05) is 36.6 Å². The summed E-state index contributed by atoms with van der Waals surface area (Å²) in [6.45, 7) is 0.679. The smallest absolute Gasteiger partial charge is 0.250 e. The van der Waals surface area contributed by atoms with Crippen LogP contribution in [0, 0.1) is 11.3 Å². The SMILES string of the molecule is Cn1cc(-c2cnn(Cc3ccccc3)c2)c(-c2ccc(C#N)cc2)cc1=O. The fourth-order valence-corrected chi connectivity index (χ4v) is 3.18. The van der Waals surface area contributed by atoms with Gasteiger partial charge in [0.05, 0.1) is 24.4 Å². The maximum atomic E-state index is 12.3. The van der Waals surface area contributed by atoms with Crippen molar-refractivity contribution in [2.75, 3.05) is 0 Å². The highest BCUT2D eigenvalue weighted by atomic mass is 16.1. The zero-order chi connectivity index (χ0) is 19.5. The summed E-state index contributed by atoms with van der Waals surface area (Å²) in [5.74, 6) is 0. The number of nitriles is 1. The van der Waals surface area contributed by atoms with Crippen molar-refractivity contribution in [1.82, 2.24) is 14.3 Å². The average molecular weight is 366 g/mol. The lowest BCUT2D eigenvalue weighted by molar-refractivity contribution is 0.687. The van der Waals surface area contributed by atoms with Crippen molar-refractivity contribution in [3.8, 4) is 28.3 Å². The Bertz CT molecular complexity index is 1210. The van der Waals surface area contributed by atoms with Gasteiger partial charge in [-0.1, -0.05) is 42.5 Å². The van der Waals surface area contributed by atoms with Crippen molar-refractivity contribution < 1.29 is 0 Å². The van der Waals surface area contributed by atoms with Crippen molar-refractivity contribution >= 4 is 0 Å². The molecule has 28 heavy (non-hydrogen) atoms. The van der Waals surface area contributed by atoms with Gasteiger partial charge in [-0.15, -0.1) is 0 Å². The normalized spacial score (nSPS) is 10.6. The average Bonchev–Trinajstić information content (AvgIpc) is 3.19. The third kappa shape index (κ3) is 3.49. The first-order chi connectivity index (χ1) is 13.6. The Labute approximate surface area is 162 Å². The summed E-state index contributed by atoms with van der Waals surface area (Å²) in [7, 11) is 1.74. The van der Waals surface area contributed by atoms with Crippen LogP contribution in [-0.4, -0.2) is 14.3 Å². The van der Waals surface area contributed by atoms with Crippen LogP contribution >= 0.6 is 0 Å². The van der Waals surface area contributed by atoms with Gasteiger partial charge in [-0.2, -0.15) is 10.4 Å². The van der Waals surface area contributed by atoms with Gasteiger partial charge in [0.15, 0.2) is 0 Å². The molecule has 0 amide bonds.